The highest BCUT2D eigenvalue weighted by atomic mass is 79.9. The number of nitrogens with two attached hydrogens (primary N) is 1. The van der Waals surface area contributed by atoms with Gasteiger partial charge in [-0.25, -0.2) is 5.14 Å². The number of nitrogens with one attached hydrogen (secondary N) is 2. The van der Waals surface area contributed by atoms with Gasteiger partial charge in [0.05, 0.1) is 11.0 Å². The lowest BCUT2D eigenvalue weighted by Gasteiger charge is -2.06. The number of carbonyl (C=O) groups excluding carboxylic acids is 1. The third kappa shape index (κ3) is 4.60. The lowest BCUT2D eigenvalue weighted by Crippen LogP contribution is -2.21. The van der Waals surface area contributed by atoms with Crippen molar-refractivity contribution in [3.05, 3.63) is 24.3 Å². The zero-order chi connectivity index (χ0) is 12.2. The summed E-state index contributed by atoms with van der Waals surface area (Å²) in [5.74, 6) is -0.229. The van der Waals surface area contributed by atoms with E-state index in [9.17, 15) is 13.2 Å². The number of amides is 1. The molecule has 0 saturated heterocycles. The molecule has 0 atom stereocenters. The van der Waals surface area contributed by atoms with Gasteiger partial charge >= 0.3 is 0 Å². The third-order valence-corrected chi connectivity index (χ3v) is 2.56. The van der Waals surface area contributed by atoms with E-state index in [2.05, 4.69) is 26.0 Å². The van der Waals surface area contributed by atoms with Crippen molar-refractivity contribution in [2.45, 2.75) is 0 Å². The van der Waals surface area contributed by atoms with E-state index in [0.29, 0.717) is 5.69 Å². The SMILES string of the molecule is NS(=O)(=O)Nc1cccc(NC(=O)CBr)c1. The molecular formula is C8H10BrN3O3S. The van der Waals surface area contributed by atoms with Gasteiger partial charge in [-0.3, -0.25) is 9.52 Å². The highest BCUT2D eigenvalue weighted by molar-refractivity contribution is 9.09. The van der Waals surface area contributed by atoms with Crippen LogP contribution >= 0.6 is 15.9 Å². The minimum absolute atomic E-state index is 0.167. The molecule has 0 aliphatic carbocycles. The van der Waals surface area contributed by atoms with E-state index < -0.39 is 10.2 Å². The normalized spacial score (nSPS) is 10.9. The molecule has 1 aromatic carbocycles. The van der Waals surface area contributed by atoms with Gasteiger partial charge in [0, 0.05) is 5.69 Å². The summed E-state index contributed by atoms with van der Waals surface area (Å²) in [6.45, 7) is 0. The zero-order valence-electron chi connectivity index (χ0n) is 8.10. The summed E-state index contributed by atoms with van der Waals surface area (Å²) in [6.07, 6.45) is 0. The lowest BCUT2D eigenvalue weighted by molar-refractivity contribution is -0.113. The minimum Gasteiger partial charge on any atom is -0.325 e. The first-order chi connectivity index (χ1) is 7.40. The summed E-state index contributed by atoms with van der Waals surface area (Å²) in [5.41, 5.74) is 0.771. The lowest BCUT2D eigenvalue weighted by atomic mass is 10.3. The molecule has 0 spiro atoms. The quantitative estimate of drug-likeness (QED) is 0.711. The van der Waals surface area contributed by atoms with E-state index in [1.807, 2.05) is 0 Å². The van der Waals surface area contributed by atoms with Gasteiger partial charge in [0.25, 0.3) is 10.2 Å². The zero-order valence-corrected chi connectivity index (χ0v) is 10.5. The summed E-state index contributed by atoms with van der Waals surface area (Å²) in [7, 11) is -3.80. The number of carbonyl (C=O) groups is 1. The van der Waals surface area contributed by atoms with Crippen molar-refractivity contribution >= 4 is 43.4 Å². The van der Waals surface area contributed by atoms with Gasteiger partial charge in [-0.05, 0) is 18.2 Å². The minimum atomic E-state index is -3.80. The van der Waals surface area contributed by atoms with Crippen LogP contribution in [0.3, 0.4) is 0 Å². The fourth-order valence-corrected chi connectivity index (χ4v) is 1.61. The topological polar surface area (TPSA) is 101 Å². The Balaban J connectivity index is 2.83. The Hall–Kier alpha value is -1.12. The van der Waals surface area contributed by atoms with Crippen molar-refractivity contribution in [2.75, 3.05) is 15.4 Å². The summed E-state index contributed by atoms with van der Waals surface area (Å²) in [6, 6.07) is 6.21. The molecule has 88 valence electrons. The molecule has 0 unspecified atom stereocenters. The van der Waals surface area contributed by atoms with E-state index >= 15 is 0 Å². The van der Waals surface area contributed by atoms with Crippen LogP contribution in [-0.4, -0.2) is 19.7 Å². The number of rotatable bonds is 4. The van der Waals surface area contributed by atoms with Gasteiger partial charge in [0.2, 0.25) is 5.91 Å². The van der Waals surface area contributed by atoms with Crippen molar-refractivity contribution in [3.8, 4) is 0 Å². The number of alkyl halides is 1. The standard InChI is InChI=1S/C8H10BrN3O3S/c9-5-8(13)11-6-2-1-3-7(4-6)12-16(10,14)15/h1-4,12H,5H2,(H,11,13)(H2,10,14,15). The van der Waals surface area contributed by atoms with Crippen molar-refractivity contribution in [2.24, 2.45) is 5.14 Å². The first-order valence-corrected chi connectivity index (χ1v) is 6.84. The highest BCUT2D eigenvalue weighted by Gasteiger charge is 2.04. The van der Waals surface area contributed by atoms with Gasteiger partial charge in [-0.2, -0.15) is 8.42 Å². The number of anilines is 2. The Labute approximate surface area is 102 Å². The van der Waals surface area contributed by atoms with Gasteiger partial charge in [-0.1, -0.05) is 22.0 Å². The Kier molecular flexibility index (Phi) is 4.27. The molecule has 1 rings (SSSR count). The summed E-state index contributed by atoms with van der Waals surface area (Å²) in [5, 5.41) is 7.53. The van der Waals surface area contributed by atoms with E-state index in [1.165, 1.54) is 12.1 Å². The van der Waals surface area contributed by atoms with Gasteiger partial charge < -0.3 is 5.32 Å². The molecule has 0 aliphatic rings. The monoisotopic (exact) mass is 307 g/mol. The predicted octanol–water partition coefficient (Wildman–Crippen LogP) is 0.635. The van der Waals surface area contributed by atoms with Crippen LogP contribution in [0.4, 0.5) is 11.4 Å². The maximum Gasteiger partial charge on any atom is 0.296 e. The second-order valence-corrected chi connectivity index (χ2v) is 4.76. The number of halogens is 1. The van der Waals surface area contributed by atoms with Crippen LogP contribution in [0.25, 0.3) is 0 Å². The molecule has 16 heavy (non-hydrogen) atoms. The van der Waals surface area contributed by atoms with Crippen LogP contribution in [0, 0.1) is 0 Å². The fraction of sp³-hybridized carbons (Fsp3) is 0.125. The molecular weight excluding hydrogens is 298 g/mol. The summed E-state index contributed by atoms with van der Waals surface area (Å²) >= 11 is 3.00. The second-order valence-electron chi connectivity index (χ2n) is 2.91. The molecule has 0 aliphatic heterocycles. The number of hydrogen-bond acceptors (Lipinski definition) is 3. The van der Waals surface area contributed by atoms with Crippen molar-refractivity contribution in [3.63, 3.8) is 0 Å². The summed E-state index contributed by atoms with van der Waals surface area (Å²) in [4.78, 5) is 11.1. The highest BCUT2D eigenvalue weighted by Crippen LogP contribution is 2.15. The molecule has 4 N–H and O–H groups in total. The van der Waals surface area contributed by atoms with Gasteiger partial charge in [0.15, 0.2) is 0 Å². The van der Waals surface area contributed by atoms with Crippen LogP contribution in [0.15, 0.2) is 24.3 Å². The maximum atomic E-state index is 11.1. The molecule has 0 bridgehead atoms. The van der Waals surface area contributed by atoms with E-state index in [4.69, 9.17) is 5.14 Å². The van der Waals surface area contributed by atoms with Crippen LogP contribution in [0.1, 0.15) is 0 Å². The molecule has 0 radical (unpaired) electrons. The van der Waals surface area contributed by atoms with Gasteiger partial charge in [-0.15, -0.1) is 0 Å². The average Bonchev–Trinajstić information content (AvgIpc) is 2.15. The molecule has 0 fully saturated rings. The second kappa shape index (κ2) is 5.28. The maximum absolute atomic E-state index is 11.1. The van der Waals surface area contributed by atoms with E-state index in [0.717, 1.165) is 0 Å². The van der Waals surface area contributed by atoms with E-state index in [1.54, 1.807) is 12.1 Å². The number of benzene rings is 1. The summed E-state index contributed by atoms with van der Waals surface area (Å²) < 4.78 is 23.6. The van der Waals surface area contributed by atoms with E-state index in [-0.39, 0.29) is 16.9 Å². The molecule has 0 heterocycles. The fourth-order valence-electron chi connectivity index (χ4n) is 1.02. The Morgan fingerprint density at radius 3 is 2.56 bits per heavy atom. The first kappa shape index (κ1) is 12.9. The van der Waals surface area contributed by atoms with Crippen LogP contribution in [0.2, 0.25) is 0 Å². The molecule has 0 saturated carbocycles. The van der Waals surface area contributed by atoms with Crippen LogP contribution in [-0.2, 0) is 15.0 Å². The molecule has 8 heteroatoms. The predicted molar refractivity (Wildman–Crippen MR) is 65.6 cm³/mol. The molecule has 1 amide bonds. The molecule has 1 aromatic rings. The Morgan fingerprint density at radius 1 is 1.38 bits per heavy atom. The third-order valence-electron chi connectivity index (χ3n) is 1.53. The molecule has 0 aromatic heterocycles. The Bertz CT molecular complexity index is 489. The average molecular weight is 308 g/mol. The largest absolute Gasteiger partial charge is 0.325 e. The van der Waals surface area contributed by atoms with Crippen molar-refractivity contribution in [1.29, 1.82) is 0 Å². The van der Waals surface area contributed by atoms with Crippen LogP contribution < -0.4 is 15.2 Å². The van der Waals surface area contributed by atoms with Crippen molar-refractivity contribution < 1.29 is 13.2 Å². The smallest absolute Gasteiger partial charge is 0.296 e. The van der Waals surface area contributed by atoms with Crippen molar-refractivity contribution in [1.82, 2.24) is 0 Å². The Morgan fingerprint density at radius 2 is 2.00 bits per heavy atom. The first-order valence-electron chi connectivity index (χ1n) is 4.17. The van der Waals surface area contributed by atoms with Crippen LogP contribution in [0.5, 0.6) is 0 Å². The van der Waals surface area contributed by atoms with Gasteiger partial charge in [0.1, 0.15) is 0 Å². The molecule has 6 nitrogen and oxygen atoms in total. The number of hydrogen-bond donors (Lipinski definition) is 3.